The molecule has 88 valence electrons. The monoisotopic (exact) mass is 235 g/mol. The Hall–Kier alpha value is -1.79. The van der Waals surface area contributed by atoms with Crippen molar-refractivity contribution in [2.45, 2.75) is 13.3 Å². The van der Waals surface area contributed by atoms with E-state index in [9.17, 15) is 18.0 Å². The van der Waals surface area contributed by atoms with Crippen LogP contribution in [0.5, 0.6) is 11.6 Å². The van der Waals surface area contributed by atoms with Crippen LogP contribution in [0.4, 0.5) is 13.2 Å². The van der Waals surface area contributed by atoms with Crippen molar-refractivity contribution >= 4 is 6.29 Å². The molecule has 1 rings (SSSR count). The summed E-state index contributed by atoms with van der Waals surface area (Å²) in [5.74, 6) is -1.10. The summed E-state index contributed by atoms with van der Waals surface area (Å²) in [5.41, 5.74) is 0.177. The number of halogens is 3. The largest absolute Gasteiger partial charge is 0.574 e. The van der Waals surface area contributed by atoms with Gasteiger partial charge in [0.25, 0.3) is 5.88 Å². The van der Waals surface area contributed by atoms with Gasteiger partial charge in [-0.3, -0.25) is 4.79 Å². The molecule has 0 radical (unpaired) electrons. The summed E-state index contributed by atoms with van der Waals surface area (Å²) in [5, 5.41) is 0. The quantitative estimate of drug-likeness (QED) is 0.753. The van der Waals surface area contributed by atoms with Crippen LogP contribution in [0, 0.1) is 6.92 Å². The fourth-order valence-corrected chi connectivity index (χ4v) is 1.13. The van der Waals surface area contributed by atoms with E-state index in [1.54, 1.807) is 0 Å². The van der Waals surface area contributed by atoms with Crippen LogP contribution in [0.25, 0.3) is 0 Å². The van der Waals surface area contributed by atoms with Gasteiger partial charge in [-0.1, -0.05) is 0 Å². The minimum Gasteiger partial charge on any atom is -0.491 e. The molecule has 0 fully saturated rings. The number of carbonyl (C=O) groups is 1. The summed E-state index contributed by atoms with van der Waals surface area (Å²) in [6.45, 7) is 1.44. The lowest BCUT2D eigenvalue weighted by molar-refractivity contribution is -0.276. The van der Waals surface area contributed by atoms with E-state index >= 15 is 0 Å². The third kappa shape index (κ3) is 2.85. The normalized spacial score (nSPS) is 11.1. The van der Waals surface area contributed by atoms with Crippen LogP contribution in [-0.4, -0.2) is 24.7 Å². The highest BCUT2D eigenvalue weighted by molar-refractivity contribution is 5.80. The Bertz CT molecular complexity index is 404. The molecular weight excluding hydrogens is 227 g/mol. The number of nitrogens with zero attached hydrogens (tertiary/aromatic N) is 1. The zero-order valence-electron chi connectivity index (χ0n) is 8.46. The van der Waals surface area contributed by atoms with Crippen LogP contribution >= 0.6 is 0 Å². The Labute approximate surface area is 89.0 Å². The average Bonchev–Trinajstić information content (AvgIpc) is 2.14. The van der Waals surface area contributed by atoms with E-state index in [1.165, 1.54) is 13.0 Å². The van der Waals surface area contributed by atoms with Crippen LogP contribution in [0.2, 0.25) is 0 Å². The van der Waals surface area contributed by atoms with E-state index in [0.29, 0.717) is 6.29 Å². The van der Waals surface area contributed by atoms with Gasteiger partial charge in [0.2, 0.25) is 0 Å². The minimum absolute atomic E-state index is 0.0470. The van der Waals surface area contributed by atoms with Gasteiger partial charge < -0.3 is 9.47 Å². The molecule has 0 aliphatic rings. The maximum Gasteiger partial charge on any atom is 0.574 e. The number of rotatable bonds is 3. The topological polar surface area (TPSA) is 48.4 Å². The number of alkyl halides is 3. The zero-order chi connectivity index (χ0) is 12.3. The predicted molar refractivity (Wildman–Crippen MR) is 47.6 cm³/mol. The Kier molecular flexibility index (Phi) is 3.36. The van der Waals surface area contributed by atoms with Crippen LogP contribution in [0.3, 0.4) is 0 Å². The fourth-order valence-electron chi connectivity index (χ4n) is 1.13. The first-order valence-electron chi connectivity index (χ1n) is 4.14. The van der Waals surface area contributed by atoms with Crippen molar-refractivity contribution < 1.29 is 27.4 Å². The standard InChI is InChI=1S/C9H8F3NO3/c1-5-3-6(4-14)7(15-2)8(13-5)16-9(10,11)12/h3-4H,1-2H3. The molecule has 16 heavy (non-hydrogen) atoms. The number of methoxy groups -OCH3 is 1. The van der Waals surface area contributed by atoms with E-state index in [0.717, 1.165) is 7.11 Å². The van der Waals surface area contributed by atoms with Crippen molar-refractivity contribution in [1.29, 1.82) is 0 Å². The smallest absolute Gasteiger partial charge is 0.491 e. The third-order valence-electron chi connectivity index (χ3n) is 1.64. The lowest BCUT2D eigenvalue weighted by Gasteiger charge is -2.13. The van der Waals surface area contributed by atoms with E-state index in [1.807, 2.05) is 0 Å². The molecule has 4 nitrogen and oxygen atoms in total. The molecule has 0 aromatic carbocycles. The number of carbonyl (C=O) groups excluding carboxylic acids is 1. The first kappa shape index (κ1) is 12.3. The number of aldehydes is 1. The van der Waals surface area contributed by atoms with Gasteiger partial charge in [0.1, 0.15) is 0 Å². The molecule has 0 spiro atoms. The highest BCUT2D eigenvalue weighted by atomic mass is 19.4. The second-order valence-electron chi connectivity index (χ2n) is 2.86. The Balaban J connectivity index is 3.25. The molecule has 1 aromatic heterocycles. The number of aromatic nitrogens is 1. The molecule has 0 unspecified atom stereocenters. The third-order valence-corrected chi connectivity index (χ3v) is 1.64. The van der Waals surface area contributed by atoms with Crippen LogP contribution in [-0.2, 0) is 0 Å². The van der Waals surface area contributed by atoms with Gasteiger partial charge in [0, 0.05) is 5.69 Å². The predicted octanol–water partition coefficient (Wildman–Crippen LogP) is 2.11. The molecule has 0 saturated heterocycles. The van der Waals surface area contributed by atoms with Gasteiger partial charge in [0.15, 0.2) is 12.0 Å². The molecule has 7 heteroatoms. The summed E-state index contributed by atoms with van der Waals surface area (Å²) in [6, 6.07) is 1.30. The maximum atomic E-state index is 12.0. The molecule has 0 amide bonds. The Morgan fingerprint density at radius 3 is 2.50 bits per heavy atom. The molecular formula is C9H8F3NO3. The summed E-state index contributed by atoms with van der Waals surface area (Å²) in [6.07, 6.45) is -4.51. The molecule has 0 aliphatic heterocycles. The maximum absolute atomic E-state index is 12.0. The first-order chi connectivity index (χ1) is 7.37. The number of pyridine rings is 1. The summed E-state index contributed by atoms with van der Waals surface area (Å²) < 4.78 is 44.4. The zero-order valence-corrected chi connectivity index (χ0v) is 8.46. The van der Waals surface area contributed by atoms with Crippen molar-refractivity contribution in [1.82, 2.24) is 4.98 Å². The summed E-state index contributed by atoms with van der Waals surface area (Å²) in [7, 11) is 1.13. The lowest BCUT2D eigenvalue weighted by atomic mass is 10.2. The van der Waals surface area contributed by atoms with Crippen molar-refractivity contribution in [3.8, 4) is 11.6 Å². The van der Waals surface area contributed by atoms with Gasteiger partial charge in [-0.2, -0.15) is 0 Å². The fraction of sp³-hybridized carbons (Fsp3) is 0.333. The lowest BCUT2D eigenvalue weighted by Crippen LogP contribution is -2.19. The molecule has 1 aromatic rings. The van der Waals surface area contributed by atoms with Crippen molar-refractivity contribution in [2.75, 3.05) is 7.11 Å². The number of ether oxygens (including phenoxy) is 2. The highest BCUT2D eigenvalue weighted by Crippen LogP contribution is 2.32. The van der Waals surface area contributed by atoms with Gasteiger partial charge >= 0.3 is 6.36 Å². The molecule has 0 N–H and O–H groups in total. The molecule has 0 saturated carbocycles. The number of aryl methyl sites for hydroxylation is 1. The first-order valence-corrected chi connectivity index (χ1v) is 4.14. The Morgan fingerprint density at radius 1 is 1.44 bits per heavy atom. The molecule has 0 atom stereocenters. The van der Waals surface area contributed by atoms with Crippen LogP contribution in [0.1, 0.15) is 16.1 Å². The van der Waals surface area contributed by atoms with Crippen molar-refractivity contribution in [3.05, 3.63) is 17.3 Å². The van der Waals surface area contributed by atoms with Crippen molar-refractivity contribution in [3.63, 3.8) is 0 Å². The number of hydrogen-bond acceptors (Lipinski definition) is 4. The van der Waals surface area contributed by atoms with Crippen LogP contribution in [0.15, 0.2) is 6.07 Å². The van der Waals surface area contributed by atoms with Gasteiger partial charge in [-0.25, -0.2) is 4.98 Å². The average molecular weight is 235 g/mol. The van der Waals surface area contributed by atoms with E-state index in [-0.39, 0.29) is 17.0 Å². The van der Waals surface area contributed by atoms with E-state index < -0.39 is 12.2 Å². The number of hydrogen-bond donors (Lipinski definition) is 0. The molecule has 0 aliphatic carbocycles. The Morgan fingerprint density at radius 2 is 2.06 bits per heavy atom. The van der Waals surface area contributed by atoms with Gasteiger partial charge in [-0.05, 0) is 13.0 Å². The molecule has 1 heterocycles. The molecule has 0 bridgehead atoms. The second kappa shape index (κ2) is 4.38. The summed E-state index contributed by atoms with van der Waals surface area (Å²) in [4.78, 5) is 14.1. The van der Waals surface area contributed by atoms with Crippen LogP contribution < -0.4 is 9.47 Å². The van der Waals surface area contributed by atoms with E-state index in [2.05, 4.69) is 14.5 Å². The van der Waals surface area contributed by atoms with Gasteiger partial charge in [-0.15, -0.1) is 13.2 Å². The van der Waals surface area contributed by atoms with Crippen molar-refractivity contribution in [2.24, 2.45) is 0 Å². The van der Waals surface area contributed by atoms with Gasteiger partial charge in [0.05, 0.1) is 12.7 Å². The highest BCUT2D eigenvalue weighted by Gasteiger charge is 2.34. The SMILES string of the molecule is COc1c(C=O)cc(C)nc1OC(F)(F)F. The minimum atomic E-state index is -4.88. The summed E-state index contributed by atoms with van der Waals surface area (Å²) >= 11 is 0. The second-order valence-corrected chi connectivity index (χ2v) is 2.86. The van der Waals surface area contributed by atoms with E-state index in [4.69, 9.17) is 0 Å².